The van der Waals surface area contributed by atoms with Crippen molar-refractivity contribution in [2.45, 2.75) is 6.42 Å². The Bertz CT molecular complexity index is 538. The number of carbonyl (C=O) groups is 2. The number of benzene rings is 1. The van der Waals surface area contributed by atoms with Gasteiger partial charge in [0.1, 0.15) is 0 Å². The van der Waals surface area contributed by atoms with Crippen molar-refractivity contribution in [2.75, 3.05) is 5.32 Å². The summed E-state index contributed by atoms with van der Waals surface area (Å²) < 4.78 is 0. The van der Waals surface area contributed by atoms with Gasteiger partial charge in [-0.3, -0.25) is 4.79 Å². The van der Waals surface area contributed by atoms with Gasteiger partial charge in [0.2, 0.25) is 5.91 Å². The van der Waals surface area contributed by atoms with Crippen LogP contribution < -0.4 is 10.4 Å². The molecule has 19 heavy (non-hydrogen) atoms. The van der Waals surface area contributed by atoms with Gasteiger partial charge in [-0.2, -0.15) is 0 Å². The zero-order chi connectivity index (χ0) is 13.4. The predicted molar refractivity (Wildman–Crippen MR) is 67.8 cm³/mol. The van der Waals surface area contributed by atoms with Crippen LogP contribution in [-0.4, -0.2) is 11.9 Å². The quantitative estimate of drug-likeness (QED) is 0.814. The fourth-order valence-corrected chi connectivity index (χ4v) is 3.25. The van der Waals surface area contributed by atoms with Crippen molar-refractivity contribution in [3.05, 3.63) is 42.5 Å². The van der Waals surface area contributed by atoms with Crippen LogP contribution >= 0.6 is 0 Å². The maximum Gasteiger partial charge on any atom is 0.228 e. The molecule has 0 radical (unpaired) electrons. The van der Waals surface area contributed by atoms with Crippen molar-refractivity contribution in [2.24, 2.45) is 23.7 Å². The van der Waals surface area contributed by atoms with Crippen molar-refractivity contribution in [3.63, 3.8) is 0 Å². The highest BCUT2D eigenvalue weighted by atomic mass is 16.4. The number of hydrogen-bond donors (Lipinski definition) is 1. The van der Waals surface area contributed by atoms with Gasteiger partial charge in [0.25, 0.3) is 0 Å². The first-order valence-corrected chi connectivity index (χ1v) is 6.42. The minimum Gasteiger partial charge on any atom is -0.550 e. The van der Waals surface area contributed by atoms with Crippen LogP contribution in [0.2, 0.25) is 0 Å². The Hall–Kier alpha value is -2.10. The summed E-state index contributed by atoms with van der Waals surface area (Å²) >= 11 is 0. The van der Waals surface area contributed by atoms with Crippen LogP contribution in [0.4, 0.5) is 5.69 Å². The first-order chi connectivity index (χ1) is 9.16. The molecule has 1 N–H and O–H groups in total. The van der Waals surface area contributed by atoms with E-state index in [2.05, 4.69) is 5.32 Å². The van der Waals surface area contributed by atoms with E-state index in [9.17, 15) is 14.7 Å². The molecule has 4 nitrogen and oxygen atoms in total. The van der Waals surface area contributed by atoms with E-state index in [1.807, 2.05) is 30.4 Å². The molecule has 2 aliphatic rings. The lowest BCUT2D eigenvalue weighted by atomic mass is 9.82. The average molecular weight is 256 g/mol. The van der Waals surface area contributed by atoms with Crippen LogP contribution in [0.5, 0.6) is 0 Å². The normalized spacial score (nSPS) is 31.4. The molecule has 1 fully saturated rings. The Morgan fingerprint density at radius 3 is 2.32 bits per heavy atom. The zero-order valence-electron chi connectivity index (χ0n) is 10.3. The number of rotatable bonds is 3. The number of anilines is 1. The van der Waals surface area contributed by atoms with Gasteiger partial charge in [-0.05, 0) is 30.4 Å². The topological polar surface area (TPSA) is 69.2 Å². The van der Waals surface area contributed by atoms with Crippen molar-refractivity contribution < 1.29 is 14.7 Å². The number of nitrogens with one attached hydrogen (secondary N) is 1. The summed E-state index contributed by atoms with van der Waals surface area (Å²) in [4.78, 5) is 23.5. The maximum absolute atomic E-state index is 12.3. The summed E-state index contributed by atoms with van der Waals surface area (Å²) in [5.74, 6) is -2.58. The molecule has 2 aliphatic carbocycles. The number of carboxylic acid groups (broad SMARTS) is 1. The van der Waals surface area contributed by atoms with Crippen molar-refractivity contribution >= 4 is 17.6 Å². The predicted octanol–water partition coefficient (Wildman–Crippen LogP) is 0.813. The number of hydrogen-bond acceptors (Lipinski definition) is 3. The highest BCUT2D eigenvalue weighted by Gasteiger charge is 2.48. The lowest BCUT2D eigenvalue weighted by Gasteiger charge is -2.27. The number of allylic oxidation sites excluding steroid dienone is 2. The molecule has 4 atom stereocenters. The fraction of sp³-hybridized carbons (Fsp3) is 0.333. The summed E-state index contributed by atoms with van der Waals surface area (Å²) in [7, 11) is 0. The molecular formula is C15H14NO3-. The molecule has 4 heteroatoms. The third kappa shape index (κ3) is 2.03. The summed E-state index contributed by atoms with van der Waals surface area (Å²) in [6, 6.07) is 9.09. The smallest absolute Gasteiger partial charge is 0.228 e. The number of para-hydroxylation sites is 1. The SMILES string of the molecule is O=C([O-])[C@@H]1[C@H](C(=O)Nc2ccccc2)[C@@H]2C=C[C@H]1C2. The van der Waals surface area contributed by atoms with Crippen LogP contribution in [0, 0.1) is 23.7 Å². The molecule has 0 aromatic heterocycles. The average Bonchev–Trinajstić information content (AvgIpc) is 2.99. The maximum atomic E-state index is 12.3. The molecule has 1 amide bonds. The van der Waals surface area contributed by atoms with Gasteiger partial charge in [-0.15, -0.1) is 0 Å². The summed E-state index contributed by atoms with van der Waals surface area (Å²) in [5.41, 5.74) is 0.691. The Kier molecular flexibility index (Phi) is 2.85. The van der Waals surface area contributed by atoms with E-state index in [1.165, 1.54) is 0 Å². The van der Waals surface area contributed by atoms with Crippen LogP contribution in [-0.2, 0) is 9.59 Å². The molecule has 3 rings (SSSR count). The fourth-order valence-electron chi connectivity index (χ4n) is 3.25. The first kappa shape index (κ1) is 12.0. The van der Waals surface area contributed by atoms with E-state index in [1.54, 1.807) is 12.1 Å². The number of amides is 1. The molecule has 0 heterocycles. The number of fused-ring (bicyclic) bond motifs is 2. The van der Waals surface area contributed by atoms with Gasteiger partial charge in [-0.25, -0.2) is 0 Å². The van der Waals surface area contributed by atoms with Crippen LogP contribution in [0.15, 0.2) is 42.5 Å². The summed E-state index contributed by atoms with van der Waals surface area (Å²) in [5, 5.41) is 14.0. The Morgan fingerprint density at radius 2 is 1.68 bits per heavy atom. The first-order valence-electron chi connectivity index (χ1n) is 6.42. The van der Waals surface area contributed by atoms with Crippen LogP contribution in [0.25, 0.3) is 0 Å². The third-order valence-electron chi connectivity index (χ3n) is 4.08. The molecule has 1 aromatic rings. The Labute approximate surface area is 111 Å². The molecule has 0 saturated heterocycles. The van der Waals surface area contributed by atoms with E-state index < -0.39 is 17.8 Å². The van der Waals surface area contributed by atoms with Gasteiger partial charge >= 0.3 is 0 Å². The van der Waals surface area contributed by atoms with Gasteiger partial charge in [-0.1, -0.05) is 30.4 Å². The van der Waals surface area contributed by atoms with E-state index >= 15 is 0 Å². The van der Waals surface area contributed by atoms with Crippen molar-refractivity contribution in [1.82, 2.24) is 0 Å². The molecular weight excluding hydrogens is 242 g/mol. The van der Waals surface area contributed by atoms with Crippen LogP contribution in [0.1, 0.15) is 6.42 Å². The second-order valence-electron chi connectivity index (χ2n) is 5.17. The Balaban J connectivity index is 1.79. The van der Waals surface area contributed by atoms with Gasteiger partial charge < -0.3 is 15.2 Å². The Morgan fingerprint density at radius 1 is 1.05 bits per heavy atom. The molecule has 2 bridgehead atoms. The summed E-state index contributed by atoms with van der Waals surface area (Å²) in [6.45, 7) is 0. The van der Waals surface area contributed by atoms with E-state index in [4.69, 9.17) is 0 Å². The largest absolute Gasteiger partial charge is 0.550 e. The van der Waals surface area contributed by atoms with Gasteiger partial charge in [0.15, 0.2) is 0 Å². The molecule has 0 aliphatic heterocycles. The number of carboxylic acids is 1. The molecule has 1 saturated carbocycles. The van der Waals surface area contributed by atoms with Crippen molar-refractivity contribution in [3.8, 4) is 0 Å². The molecule has 0 unspecified atom stereocenters. The number of carbonyl (C=O) groups excluding carboxylic acids is 2. The number of aliphatic carboxylic acids is 1. The van der Waals surface area contributed by atoms with Gasteiger partial charge in [0.05, 0.1) is 5.92 Å². The second kappa shape index (κ2) is 4.53. The highest BCUT2D eigenvalue weighted by Crippen LogP contribution is 2.48. The molecule has 1 aromatic carbocycles. The third-order valence-corrected chi connectivity index (χ3v) is 4.08. The lowest BCUT2D eigenvalue weighted by molar-refractivity contribution is -0.313. The lowest BCUT2D eigenvalue weighted by Crippen LogP contribution is -2.42. The van der Waals surface area contributed by atoms with Gasteiger partial charge in [0, 0.05) is 17.6 Å². The zero-order valence-corrected chi connectivity index (χ0v) is 10.3. The van der Waals surface area contributed by atoms with E-state index in [-0.39, 0.29) is 17.7 Å². The summed E-state index contributed by atoms with van der Waals surface area (Å²) in [6.07, 6.45) is 4.60. The van der Waals surface area contributed by atoms with E-state index in [0.717, 1.165) is 6.42 Å². The highest BCUT2D eigenvalue weighted by molar-refractivity contribution is 5.96. The minimum absolute atomic E-state index is 0.0246. The van der Waals surface area contributed by atoms with E-state index in [0.29, 0.717) is 5.69 Å². The van der Waals surface area contributed by atoms with Crippen molar-refractivity contribution in [1.29, 1.82) is 0 Å². The monoisotopic (exact) mass is 256 g/mol. The second-order valence-corrected chi connectivity index (χ2v) is 5.17. The minimum atomic E-state index is -1.12. The van der Waals surface area contributed by atoms with Crippen LogP contribution in [0.3, 0.4) is 0 Å². The molecule has 98 valence electrons. The standard InChI is InChI=1S/C15H15NO3/c17-14(16-11-4-2-1-3-5-11)12-9-6-7-10(8-9)13(12)15(18)19/h1-7,9-10,12-13H,8H2,(H,16,17)(H,18,19)/p-1/t9-,10+,12-,13+/m1/s1. The molecule has 0 spiro atoms.